The molecule has 4 rings (SSSR count). The van der Waals surface area contributed by atoms with Crippen LogP contribution in [0.4, 0.5) is 0 Å². The van der Waals surface area contributed by atoms with Gasteiger partial charge in [-0.1, -0.05) is 24.3 Å². The second-order valence-corrected chi connectivity index (χ2v) is 6.36. The molecule has 3 aromatic rings. The predicted octanol–water partition coefficient (Wildman–Crippen LogP) is 3.34. The third-order valence-electron chi connectivity index (χ3n) is 3.91. The lowest BCUT2D eigenvalue weighted by atomic mass is 10.1. The molecule has 0 spiro atoms. The molecule has 110 valence electrons. The molecule has 0 aliphatic carbocycles. The van der Waals surface area contributed by atoms with E-state index in [2.05, 4.69) is 22.1 Å². The number of nitrogens with one attached hydrogen (secondary N) is 1. The van der Waals surface area contributed by atoms with Crippen LogP contribution in [0.1, 0.15) is 16.6 Å². The van der Waals surface area contributed by atoms with Crippen LogP contribution in [0.25, 0.3) is 10.9 Å². The van der Waals surface area contributed by atoms with Crippen molar-refractivity contribution in [3.05, 3.63) is 66.1 Å². The summed E-state index contributed by atoms with van der Waals surface area (Å²) in [7, 11) is 0. The maximum absolute atomic E-state index is 12.3. The molecule has 1 amide bonds. The highest BCUT2D eigenvalue weighted by molar-refractivity contribution is 8.00. The van der Waals surface area contributed by atoms with Crippen molar-refractivity contribution >= 4 is 28.6 Å². The van der Waals surface area contributed by atoms with Crippen LogP contribution in [0, 0.1) is 0 Å². The molecule has 22 heavy (non-hydrogen) atoms. The molecule has 1 saturated heterocycles. The summed E-state index contributed by atoms with van der Waals surface area (Å²) in [5.41, 5.74) is 3.20. The van der Waals surface area contributed by atoms with Gasteiger partial charge in [-0.2, -0.15) is 0 Å². The Hall–Kier alpha value is -2.27. The van der Waals surface area contributed by atoms with Gasteiger partial charge in [0.15, 0.2) is 0 Å². The van der Waals surface area contributed by atoms with E-state index in [1.54, 1.807) is 18.0 Å². The molecule has 5 heteroatoms. The molecule has 1 aliphatic rings. The summed E-state index contributed by atoms with van der Waals surface area (Å²) in [5.74, 6) is 0.697. The van der Waals surface area contributed by atoms with Crippen molar-refractivity contribution in [2.24, 2.45) is 0 Å². The Kier molecular flexibility index (Phi) is 3.35. The van der Waals surface area contributed by atoms with Gasteiger partial charge in [0.05, 0.1) is 18.0 Å². The van der Waals surface area contributed by atoms with Crippen molar-refractivity contribution in [3.63, 3.8) is 0 Å². The van der Waals surface area contributed by atoms with E-state index in [4.69, 9.17) is 0 Å². The highest BCUT2D eigenvalue weighted by Crippen LogP contribution is 2.42. The third kappa shape index (κ3) is 2.27. The molecule has 1 N–H and O–H groups in total. The second kappa shape index (κ2) is 5.50. The van der Waals surface area contributed by atoms with Gasteiger partial charge in [-0.15, -0.1) is 11.8 Å². The number of aromatic nitrogens is 2. The topological polar surface area (TPSA) is 49.0 Å². The van der Waals surface area contributed by atoms with Crippen molar-refractivity contribution < 1.29 is 4.79 Å². The Labute approximate surface area is 132 Å². The Bertz CT molecular complexity index is 815. The Balaban J connectivity index is 1.69. The van der Waals surface area contributed by atoms with Gasteiger partial charge in [-0.3, -0.25) is 9.78 Å². The largest absolute Gasteiger partial charge is 0.361 e. The minimum absolute atomic E-state index is 0.0469. The molecule has 1 aromatic carbocycles. The van der Waals surface area contributed by atoms with E-state index in [-0.39, 0.29) is 11.3 Å². The highest BCUT2D eigenvalue weighted by Gasteiger charge is 2.34. The molecule has 1 fully saturated rings. The van der Waals surface area contributed by atoms with E-state index < -0.39 is 0 Å². The molecule has 0 bridgehead atoms. The molecule has 1 aliphatic heterocycles. The van der Waals surface area contributed by atoms with Gasteiger partial charge in [0, 0.05) is 28.9 Å². The summed E-state index contributed by atoms with van der Waals surface area (Å²) in [6.45, 7) is 0.552. The molecule has 1 atom stereocenters. The lowest BCUT2D eigenvalue weighted by Gasteiger charge is -2.23. The van der Waals surface area contributed by atoms with Crippen molar-refractivity contribution in [1.82, 2.24) is 14.9 Å². The fourth-order valence-electron chi connectivity index (χ4n) is 2.85. The number of nitrogens with zero attached hydrogens (tertiary/aromatic N) is 2. The number of hydrogen-bond acceptors (Lipinski definition) is 3. The standard InChI is InChI=1S/C17H15N3OS/c21-16-11-22-17(20(16)10-12-5-3-4-8-18-12)14-9-19-15-7-2-1-6-13(14)15/h1-9,17,19H,10-11H2. The summed E-state index contributed by atoms with van der Waals surface area (Å²) >= 11 is 1.68. The van der Waals surface area contributed by atoms with E-state index in [1.807, 2.05) is 41.4 Å². The highest BCUT2D eigenvalue weighted by atomic mass is 32.2. The Morgan fingerprint density at radius 2 is 2.09 bits per heavy atom. The summed E-state index contributed by atoms with van der Waals surface area (Å²) in [4.78, 5) is 21.8. The first kappa shape index (κ1) is 13.4. The Morgan fingerprint density at radius 3 is 2.95 bits per heavy atom. The van der Waals surface area contributed by atoms with Crippen LogP contribution < -0.4 is 0 Å². The number of benzene rings is 1. The number of amides is 1. The van der Waals surface area contributed by atoms with Crippen LogP contribution in [0.2, 0.25) is 0 Å². The molecular weight excluding hydrogens is 294 g/mol. The number of H-pyrrole nitrogens is 1. The molecular formula is C17H15N3OS. The number of para-hydroxylation sites is 1. The zero-order chi connectivity index (χ0) is 14.9. The van der Waals surface area contributed by atoms with Crippen LogP contribution in [-0.4, -0.2) is 26.5 Å². The van der Waals surface area contributed by atoms with Crippen LogP contribution in [0.3, 0.4) is 0 Å². The van der Waals surface area contributed by atoms with Crippen LogP contribution >= 0.6 is 11.8 Å². The van der Waals surface area contributed by atoms with E-state index in [0.29, 0.717) is 12.3 Å². The first-order valence-electron chi connectivity index (χ1n) is 7.20. The average Bonchev–Trinajstić information content (AvgIpc) is 3.13. The van der Waals surface area contributed by atoms with Crippen LogP contribution in [-0.2, 0) is 11.3 Å². The number of carbonyl (C=O) groups is 1. The minimum atomic E-state index is 0.0469. The number of thioether (sulfide) groups is 1. The molecule has 4 nitrogen and oxygen atoms in total. The number of aromatic amines is 1. The molecule has 2 aromatic heterocycles. The lowest BCUT2D eigenvalue weighted by Crippen LogP contribution is -2.27. The molecule has 1 unspecified atom stereocenters. The van der Waals surface area contributed by atoms with Crippen LogP contribution in [0.15, 0.2) is 54.9 Å². The summed E-state index contributed by atoms with van der Waals surface area (Å²) in [6, 6.07) is 14.0. The van der Waals surface area contributed by atoms with Gasteiger partial charge in [-0.05, 0) is 18.2 Å². The summed E-state index contributed by atoms with van der Waals surface area (Å²) in [6.07, 6.45) is 3.79. The van der Waals surface area contributed by atoms with Crippen LogP contribution in [0.5, 0.6) is 0 Å². The fraction of sp³-hybridized carbons (Fsp3) is 0.176. The zero-order valence-corrected chi connectivity index (χ0v) is 12.7. The maximum atomic E-state index is 12.3. The number of hydrogen-bond donors (Lipinski definition) is 1. The van der Waals surface area contributed by atoms with E-state index >= 15 is 0 Å². The van der Waals surface area contributed by atoms with E-state index in [0.717, 1.165) is 11.2 Å². The fourth-order valence-corrected chi connectivity index (χ4v) is 4.06. The van der Waals surface area contributed by atoms with Gasteiger partial charge in [0.25, 0.3) is 0 Å². The normalized spacial score (nSPS) is 18.3. The van der Waals surface area contributed by atoms with Crippen molar-refractivity contribution in [2.45, 2.75) is 11.9 Å². The Morgan fingerprint density at radius 1 is 1.23 bits per heavy atom. The summed E-state index contributed by atoms with van der Waals surface area (Å²) in [5, 5.41) is 1.23. The molecule has 3 heterocycles. The quantitative estimate of drug-likeness (QED) is 0.807. The molecule has 0 saturated carbocycles. The monoisotopic (exact) mass is 309 g/mol. The number of pyridine rings is 1. The first-order valence-corrected chi connectivity index (χ1v) is 8.25. The van der Waals surface area contributed by atoms with Gasteiger partial charge >= 0.3 is 0 Å². The van der Waals surface area contributed by atoms with Crippen molar-refractivity contribution in [3.8, 4) is 0 Å². The van der Waals surface area contributed by atoms with E-state index in [1.165, 1.54) is 10.9 Å². The third-order valence-corrected chi connectivity index (χ3v) is 5.15. The van der Waals surface area contributed by atoms with Crippen molar-refractivity contribution in [2.75, 3.05) is 5.75 Å². The van der Waals surface area contributed by atoms with Gasteiger partial charge < -0.3 is 9.88 Å². The minimum Gasteiger partial charge on any atom is -0.361 e. The van der Waals surface area contributed by atoms with Gasteiger partial charge in [0.1, 0.15) is 5.37 Å². The zero-order valence-electron chi connectivity index (χ0n) is 11.9. The number of rotatable bonds is 3. The van der Waals surface area contributed by atoms with Gasteiger partial charge in [0.2, 0.25) is 5.91 Å². The number of carbonyl (C=O) groups excluding carboxylic acids is 1. The van der Waals surface area contributed by atoms with Gasteiger partial charge in [-0.25, -0.2) is 0 Å². The molecule has 0 radical (unpaired) electrons. The van der Waals surface area contributed by atoms with E-state index in [9.17, 15) is 4.79 Å². The average molecular weight is 309 g/mol. The first-order chi connectivity index (χ1) is 10.8. The number of fused-ring (bicyclic) bond motifs is 1. The SMILES string of the molecule is O=C1CSC(c2c[nH]c3ccccc23)N1Cc1ccccn1. The summed E-state index contributed by atoms with van der Waals surface area (Å²) < 4.78 is 0. The smallest absolute Gasteiger partial charge is 0.234 e. The lowest BCUT2D eigenvalue weighted by molar-refractivity contribution is -0.128. The van der Waals surface area contributed by atoms with Crippen molar-refractivity contribution in [1.29, 1.82) is 0 Å². The maximum Gasteiger partial charge on any atom is 0.234 e. The second-order valence-electron chi connectivity index (χ2n) is 5.30. The predicted molar refractivity (Wildman–Crippen MR) is 88.3 cm³/mol.